The van der Waals surface area contributed by atoms with E-state index in [1.807, 2.05) is 0 Å². The zero-order valence-electron chi connectivity index (χ0n) is 16.6. The Hall–Kier alpha value is -2.78. The van der Waals surface area contributed by atoms with Crippen LogP contribution in [0.4, 0.5) is 0 Å². The van der Waals surface area contributed by atoms with Gasteiger partial charge in [0.25, 0.3) is 5.91 Å². The van der Waals surface area contributed by atoms with Gasteiger partial charge < -0.3 is 19.1 Å². The summed E-state index contributed by atoms with van der Waals surface area (Å²) in [6.45, 7) is 1.05. The molecule has 0 spiro atoms. The fourth-order valence-electron chi connectivity index (χ4n) is 3.26. The molecule has 0 radical (unpaired) electrons. The molecule has 1 aliphatic rings. The highest BCUT2D eigenvalue weighted by Crippen LogP contribution is 2.38. The van der Waals surface area contributed by atoms with Gasteiger partial charge in [-0.05, 0) is 24.3 Å². The van der Waals surface area contributed by atoms with Gasteiger partial charge in [0.1, 0.15) is 0 Å². The first-order chi connectivity index (χ1) is 13.9. The van der Waals surface area contributed by atoms with Crippen LogP contribution in [-0.2, 0) is 10.0 Å². The Labute approximate surface area is 170 Å². The van der Waals surface area contributed by atoms with Crippen LogP contribution < -0.4 is 14.2 Å². The third-order valence-corrected chi connectivity index (χ3v) is 6.73. The molecule has 1 heterocycles. The largest absolute Gasteiger partial charge is 0.493 e. The Balaban J connectivity index is 1.75. The van der Waals surface area contributed by atoms with E-state index in [0.29, 0.717) is 35.9 Å². The molecule has 1 aliphatic heterocycles. The molecular weight excluding hydrogens is 396 g/mol. The molecule has 156 valence electrons. The number of nitrogens with zero attached hydrogens (tertiary/aromatic N) is 2. The summed E-state index contributed by atoms with van der Waals surface area (Å²) >= 11 is 0. The maximum atomic E-state index is 13.0. The molecule has 0 saturated carbocycles. The van der Waals surface area contributed by atoms with E-state index < -0.39 is 10.0 Å². The van der Waals surface area contributed by atoms with Crippen molar-refractivity contribution in [2.24, 2.45) is 0 Å². The summed E-state index contributed by atoms with van der Waals surface area (Å²) in [7, 11) is 0.897. The smallest absolute Gasteiger partial charge is 0.254 e. The van der Waals surface area contributed by atoms with Gasteiger partial charge in [-0.1, -0.05) is 18.2 Å². The van der Waals surface area contributed by atoms with Crippen LogP contribution in [-0.4, -0.2) is 71.0 Å². The van der Waals surface area contributed by atoms with E-state index in [4.69, 9.17) is 14.2 Å². The SMILES string of the molecule is COc1cc(C(=O)N2CCN(S(=O)(=O)c3ccccc3)CC2)cc(OC)c1OC. The Morgan fingerprint density at radius 1 is 0.862 bits per heavy atom. The molecule has 29 heavy (non-hydrogen) atoms. The van der Waals surface area contributed by atoms with Crippen LogP contribution >= 0.6 is 0 Å². The normalized spacial score (nSPS) is 15.1. The number of ether oxygens (including phenoxy) is 3. The molecule has 0 unspecified atom stereocenters. The van der Waals surface area contributed by atoms with Crippen molar-refractivity contribution in [3.05, 3.63) is 48.0 Å². The van der Waals surface area contributed by atoms with Gasteiger partial charge in [0.05, 0.1) is 26.2 Å². The van der Waals surface area contributed by atoms with Gasteiger partial charge in [0.15, 0.2) is 11.5 Å². The second-order valence-corrected chi connectivity index (χ2v) is 8.36. The monoisotopic (exact) mass is 420 g/mol. The van der Waals surface area contributed by atoms with E-state index in [1.54, 1.807) is 47.4 Å². The summed E-state index contributed by atoms with van der Waals surface area (Å²) in [4.78, 5) is 14.8. The second-order valence-electron chi connectivity index (χ2n) is 6.42. The molecule has 2 aromatic rings. The van der Waals surface area contributed by atoms with Crippen LogP contribution in [0.5, 0.6) is 17.2 Å². The lowest BCUT2D eigenvalue weighted by molar-refractivity contribution is 0.0697. The second kappa shape index (κ2) is 8.71. The number of methoxy groups -OCH3 is 3. The van der Waals surface area contributed by atoms with Crippen LogP contribution in [0, 0.1) is 0 Å². The summed E-state index contributed by atoms with van der Waals surface area (Å²) in [5.74, 6) is 0.965. The third kappa shape index (κ3) is 4.15. The van der Waals surface area contributed by atoms with Crippen molar-refractivity contribution in [2.75, 3.05) is 47.5 Å². The van der Waals surface area contributed by atoms with Crippen molar-refractivity contribution in [2.45, 2.75) is 4.90 Å². The summed E-state index contributed by atoms with van der Waals surface area (Å²) in [6, 6.07) is 11.5. The lowest BCUT2D eigenvalue weighted by Gasteiger charge is -2.34. The van der Waals surface area contributed by atoms with E-state index in [1.165, 1.54) is 25.6 Å². The Morgan fingerprint density at radius 2 is 1.41 bits per heavy atom. The molecule has 3 rings (SSSR count). The molecule has 0 bridgehead atoms. The Bertz CT molecular complexity index is 945. The highest BCUT2D eigenvalue weighted by molar-refractivity contribution is 7.89. The van der Waals surface area contributed by atoms with E-state index >= 15 is 0 Å². The van der Waals surface area contributed by atoms with Gasteiger partial charge >= 0.3 is 0 Å². The minimum absolute atomic E-state index is 0.221. The molecule has 8 nitrogen and oxygen atoms in total. The van der Waals surface area contributed by atoms with Crippen molar-refractivity contribution in [3.8, 4) is 17.2 Å². The molecule has 1 saturated heterocycles. The van der Waals surface area contributed by atoms with Gasteiger partial charge in [-0.2, -0.15) is 4.31 Å². The van der Waals surface area contributed by atoms with Crippen LogP contribution in [0.3, 0.4) is 0 Å². The first-order valence-electron chi connectivity index (χ1n) is 9.07. The molecule has 0 aromatic heterocycles. The minimum Gasteiger partial charge on any atom is -0.493 e. The highest BCUT2D eigenvalue weighted by atomic mass is 32.2. The van der Waals surface area contributed by atoms with E-state index in [-0.39, 0.29) is 23.9 Å². The Kier molecular flexibility index (Phi) is 6.29. The quantitative estimate of drug-likeness (QED) is 0.709. The number of amides is 1. The van der Waals surface area contributed by atoms with E-state index in [9.17, 15) is 13.2 Å². The topological polar surface area (TPSA) is 85.4 Å². The molecule has 0 aliphatic carbocycles. The fourth-order valence-corrected chi connectivity index (χ4v) is 4.70. The van der Waals surface area contributed by atoms with Crippen molar-refractivity contribution in [1.82, 2.24) is 9.21 Å². The molecule has 1 amide bonds. The number of benzene rings is 2. The lowest BCUT2D eigenvalue weighted by Crippen LogP contribution is -2.50. The predicted molar refractivity (Wildman–Crippen MR) is 107 cm³/mol. The maximum Gasteiger partial charge on any atom is 0.254 e. The first kappa shape index (κ1) is 20.9. The number of rotatable bonds is 6. The highest BCUT2D eigenvalue weighted by Gasteiger charge is 2.31. The molecular formula is C20H24N2O6S. The third-order valence-electron chi connectivity index (χ3n) is 4.82. The van der Waals surface area contributed by atoms with Gasteiger partial charge in [-0.3, -0.25) is 4.79 Å². The van der Waals surface area contributed by atoms with Crippen molar-refractivity contribution in [3.63, 3.8) is 0 Å². The number of carbonyl (C=O) groups excluding carboxylic acids is 1. The van der Waals surface area contributed by atoms with Gasteiger partial charge in [0, 0.05) is 31.7 Å². The number of carbonyl (C=O) groups is 1. The summed E-state index contributed by atoms with van der Waals surface area (Å²) in [5.41, 5.74) is 0.388. The number of hydrogen-bond acceptors (Lipinski definition) is 6. The number of sulfonamides is 1. The molecule has 9 heteroatoms. The molecule has 2 aromatic carbocycles. The minimum atomic E-state index is -3.57. The molecule has 0 N–H and O–H groups in total. The predicted octanol–water partition coefficient (Wildman–Crippen LogP) is 1.86. The Morgan fingerprint density at radius 3 is 1.90 bits per heavy atom. The molecule has 0 atom stereocenters. The van der Waals surface area contributed by atoms with Crippen LogP contribution in [0.2, 0.25) is 0 Å². The van der Waals surface area contributed by atoms with Gasteiger partial charge in [-0.15, -0.1) is 0 Å². The fraction of sp³-hybridized carbons (Fsp3) is 0.350. The van der Waals surface area contributed by atoms with Crippen LogP contribution in [0.1, 0.15) is 10.4 Å². The van der Waals surface area contributed by atoms with Crippen LogP contribution in [0.15, 0.2) is 47.4 Å². The average molecular weight is 420 g/mol. The van der Waals surface area contributed by atoms with Gasteiger partial charge in [0.2, 0.25) is 15.8 Å². The summed E-state index contributed by atoms with van der Waals surface area (Å²) < 4.78 is 42.8. The lowest BCUT2D eigenvalue weighted by atomic mass is 10.1. The van der Waals surface area contributed by atoms with E-state index in [0.717, 1.165) is 0 Å². The first-order valence-corrected chi connectivity index (χ1v) is 10.5. The van der Waals surface area contributed by atoms with Gasteiger partial charge in [-0.25, -0.2) is 8.42 Å². The van der Waals surface area contributed by atoms with Crippen molar-refractivity contribution >= 4 is 15.9 Å². The maximum absolute atomic E-state index is 13.0. The zero-order valence-corrected chi connectivity index (χ0v) is 17.4. The zero-order chi connectivity index (χ0) is 21.0. The van der Waals surface area contributed by atoms with E-state index in [2.05, 4.69) is 0 Å². The standard InChI is InChI=1S/C20H24N2O6S/c1-26-17-13-15(14-18(27-2)19(17)28-3)20(23)21-9-11-22(12-10-21)29(24,25)16-7-5-4-6-8-16/h4-8,13-14H,9-12H2,1-3H3. The van der Waals surface area contributed by atoms with Crippen molar-refractivity contribution < 1.29 is 27.4 Å². The molecule has 1 fully saturated rings. The van der Waals surface area contributed by atoms with Crippen LogP contribution in [0.25, 0.3) is 0 Å². The van der Waals surface area contributed by atoms with Crippen molar-refractivity contribution in [1.29, 1.82) is 0 Å². The number of piperazine rings is 1. The average Bonchev–Trinajstić information content (AvgIpc) is 2.78. The summed E-state index contributed by atoms with van der Waals surface area (Å²) in [6.07, 6.45) is 0. The number of hydrogen-bond donors (Lipinski definition) is 0. The summed E-state index contributed by atoms with van der Waals surface area (Å²) in [5, 5.41) is 0.